The van der Waals surface area contributed by atoms with Gasteiger partial charge in [-0.05, 0) is 45.2 Å². The molecule has 18 heavy (non-hydrogen) atoms. The van der Waals surface area contributed by atoms with Crippen LogP contribution in [0.1, 0.15) is 37.1 Å². The molecule has 1 aliphatic rings. The first-order valence-electron chi connectivity index (χ1n) is 6.23. The van der Waals surface area contributed by atoms with E-state index in [4.69, 9.17) is 0 Å². The summed E-state index contributed by atoms with van der Waals surface area (Å²) in [5, 5.41) is 3.41. The van der Waals surface area contributed by atoms with E-state index < -0.39 is 10.0 Å². The Hall–Kier alpha value is -0.430. The number of nitrogens with one attached hydrogen (secondary N) is 2. The summed E-state index contributed by atoms with van der Waals surface area (Å²) in [6.07, 6.45) is 2.48. The first-order valence-corrected chi connectivity index (χ1v) is 8.53. The molecule has 1 saturated carbocycles. The molecule has 2 N–H and O–H groups in total. The summed E-state index contributed by atoms with van der Waals surface area (Å²) in [6.45, 7) is 6.40. The van der Waals surface area contributed by atoms with Crippen LogP contribution in [0.2, 0.25) is 0 Å². The van der Waals surface area contributed by atoms with Gasteiger partial charge < -0.3 is 5.32 Å². The zero-order valence-electron chi connectivity index (χ0n) is 11.0. The van der Waals surface area contributed by atoms with Crippen LogP contribution in [0.4, 0.5) is 0 Å². The summed E-state index contributed by atoms with van der Waals surface area (Å²) in [6, 6.07) is 2.32. The van der Waals surface area contributed by atoms with E-state index in [1.165, 1.54) is 24.2 Å². The monoisotopic (exact) mass is 288 g/mol. The van der Waals surface area contributed by atoms with Gasteiger partial charge in [-0.25, -0.2) is 13.1 Å². The molecule has 0 saturated heterocycles. The van der Waals surface area contributed by atoms with Crippen LogP contribution in [0, 0.1) is 6.92 Å². The molecule has 0 aliphatic heterocycles. The maximum atomic E-state index is 12.0. The van der Waals surface area contributed by atoms with Gasteiger partial charge in [0.1, 0.15) is 4.21 Å². The quantitative estimate of drug-likeness (QED) is 0.841. The Morgan fingerprint density at radius 2 is 2.11 bits per heavy atom. The standard InChI is InChI=1S/C12H20N2O2S2/c1-8(2)14-18(15,16)12-6-9(3)11(17-12)7-13-10-4-5-10/h6,8,10,13-14H,4-5,7H2,1-3H3. The third-order valence-electron chi connectivity index (χ3n) is 2.78. The predicted molar refractivity (Wildman–Crippen MR) is 74.4 cm³/mol. The van der Waals surface area contributed by atoms with Crippen molar-refractivity contribution in [3.8, 4) is 0 Å². The molecule has 1 aromatic rings. The zero-order chi connectivity index (χ0) is 13.3. The van der Waals surface area contributed by atoms with Crippen molar-refractivity contribution in [2.75, 3.05) is 0 Å². The van der Waals surface area contributed by atoms with E-state index in [-0.39, 0.29) is 6.04 Å². The van der Waals surface area contributed by atoms with Crippen LogP contribution in [0.5, 0.6) is 0 Å². The molecule has 1 fully saturated rings. The number of thiophene rings is 1. The van der Waals surface area contributed by atoms with Gasteiger partial charge in [0, 0.05) is 23.5 Å². The fourth-order valence-electron chi connectivity index (χ4n) is 1.69. The average molecular weight is 288 g/mol. The van der Waals surface area contributed by atoms with E-state index in [1.54, 1.807) is 6.07 Å². The van der Waals surface area contributed by atoms with Crippen LogP contribution in [0.15, 0.2) is 10.3 Å². The van der Waals surface area contributed by atoms with Crippen molar-refractivity contribution in [1.29, 1.82) is 0 Å². The summed E-state index contributed by atoms with van der Waals surface area (Å²) in [7, 11) is -3.34. The van der Waals surface area contributed by atoms with Crippen LogP contribution in [-0.4, -0.2) is 20.5 Å². The van der Waals surface area contributed by atoms with Crippen molar-refractivity contribution < 1.29 is 8.42 Å². The van der Waals surface area contributed by atoms with Crippen LogP contribution >= 0.6 is 11.3 Å². The van der Waals surface area contributed by atoms with E-state index in [0.29, 0.717) is 10.3 Å². The average Bonchev–Trinajstić information content (AvgIpc) is 2.97. The van der Waals surface area contributed by atoms with E-state index >= 15 is 0 Å². The third kappa shape index (κ3) is 3.54. The van der Waals surface area contributed by atoms with Gasteiger partial charge in [-0.3, -0.25) is 0 Å². The van der Waals surface area contributed by atoms with Crippen molar-refractivity contribution in [2.45, 2.75) is 56.5 Å². The van der Waals surface area contributed by atoms with Gasteiger partial charge in [0.05, 0.1) is 0 Å². The van der Waals surface area contributed by atoms with Crippen LogP contribution in [-0.2, 0) is 16.6 Å². The van der Waals surface area contributed by atoms with Crippen molar-refractivity contribution in [1.82, 2.24) is 10.0 Å². The lowest BCUT2D eigenvalue weighted by Crippen LogP contribution is -2.29. The zero-order valence-corrected chi connectivity index (χ0v) is 12.6. The maximum Gasteiger partial charge on any atom is 0.250 e. The number of hydrogen-bond donors (Lipinski definition) is 2. The lowest BCUT2D eigenvalue weighted by molar-refractivity contribution is 0.572. The van der Waals surface area contributed by atoms with Gasteiger partial charge in [0.2, 0.25) is 10.0 Å². The minimum atomic E-state index is -3.34. The molecule has 0 amide bonds. The van der Waals surface area contributed by atoms with Gasteiger partial charge in [-0.15, -0.1) is 11.3 Å². The van der Waals surface area contributed by atoms with Crippen LogP contribution in [0.25, 0.3) is 0 Å². The normalized spacial score (nSPS) is 16.4. The van der Waals surface area contributed by atoms with E-state index in [1.807, 2.05) is 20.8 Å². The second-order valence-corrected chi connectivity index (χ2v) is 8.18. The highest BCUT2D eigenvalue weighted by molar-refractivity contribution is 7.91. The molecule has 1 aromatic heterocycles. The molecule has 0 spiro atoms. The van der Waals surface area contributed by atoms with Gasteiger partial charge in [0.25, 0.3) is 0 Å². The SMILES string of the molecule is Cc1cc(S(=O)(=O)NC(C)C)sc1CNC1CC1. The molecule has 0 unspecified atom stereocenters. The van der Waals surface area contributed by atoms with E-state index in [2.05, 4.69) is 10.0 Å². The fourth-order valence-corrected chi connectivity index (χ4v) is 4.50. The molecule has 0 radical (unpaired) electrons. The summed E-state index contributed by atoms with van der Waals surface area (Å²) in [5.74, 6) is 0. The molecule has 0 atom stereocenters. The lowest BCUT2D eigenvalue weighted by Gasteiger charge is -2.06. The Labute approximate surface area is 113 Å². The molecule has 0 aromatic carbocycles. The van der Waals surface area contributed by atoms with Gasteiger partial charge in [-0.2, -0.15) is 0 Å². The van der Waals surface area contributed by atoms with Crippen molar-refractivity contribution in [3.63, 3.8) is 0 Å². The lowest BCUT2D eigenvalue weighted by atomic mass is 10.3. The van der Waals surface area contributed by atoms with Crippen molar-refractivity contribution >= 4 is 21.4 Å². The first-order chi connectivity index (χ1) is 8.38. The Bertz CT molecular complexity index is 516. The Morgan fingerprint density at radius 1 is 1.44 bits per heavy atom. The smallest absolute Gasteiger partial charge is 0.250 e. The highest BCUT2D eigenvalue weighted by Gasteiger charge is 2.23. The molecular formula is C12H20N2O2S2. The van der Waals surface area contributed by atoms with Gasteiger partial charge in [-0.1, -0.05) is 0 Å². The molecule has 0 bridgehead atoms. The molecule has 102 valence electrons. The number of rotatable bonds is 6. The number of sulfonamides is 1. The summed E-state index contributed by atoms with van der Waals surface area (Å²) >= 11 is 1.37. The molecule has 4 nitrogen and oxygen atoms in total. The van der Waals surface area contributed by atoms with Gasteiger partial charge in [0.15, 0.2) is 0 Å². The molecular weight excluding hydrogens is 268 g/mol. The Kier molecular flexibility index (Phi) is 4.11. The molecule has 1 heterocycles. The molecule has 6 heteroatoms. The maximum absolute atomic E-state index is 12.0. The van der Waals surface area contributed by atoms with Gasteiger partial charge >= 0.3 is 0 Å². The van der Waals surface area contributed by atoms with Crippen molar-refractivity contribution in [2.24, 2.45) is 0 Å². The highest BCUT2D eigenvalue weighted by Crippen LogP contribution is 2.27. The highest BCUT2D eigenvalue weighted by atomic mass is 32.2. The fraction of sp³-hybridized carbons (Fsp3) is 0.667. The van der Waals surface area contributed by atoms with E-state index in [0.717, 1.165) is 17.0 Å². The number of aryl methyl sites for hydroxylation is 1. The molecule has 2 rings (SSSR count). The predicted octanol–water partition coefficient (Wildman–Crippen LogP) is 2.00. The second kappa shape index (κ2) is 5.28. The topological polar surface area (TPSA) is 58.2 Å². The summed E-state index contributed by atoms with van der Waals surface area (Å²) in [4.78, 5) is 1.12. The van der Waals surface area contributed by atoms with Crippen LogP contribution in [0.3, 0.4) is 0 Å². The first kappa shape index (κ1) is 14.0. The number of hydrogen-bond acceptors (Lipinski definition) is 4. The third-order valence-corrected chi connectivity index (χ3v) is 6.15. The molecule has 1 aliphatic carbocycles. The minimum absolute atomic E-state index is 0.0783. The van der Waals surface area contributed by atoms with Crippen LogP contribution < -0.4 is 10.0 Å². The minimum Gasteiger partial charge on any atom is -0.309 e. The largest absolute Gasteiger partial charge is 0.309 e. The Balaban J connectivity index is 2.11. The van der Waals surface area contributed by atoms with E-state index in [9.17, 15) is 8.42 Å². The second-order valence-electron chi connectivity index (χ2n) is 5.10. The summed E-state index contributed by atoms with van der Waals surface area (Å²) < 4.78 is 27.1. The van der Waals surface area contributed by atoms with Crippen molar-refractivity contribution in [3.05, 3.63) is 16.5 Å². The summed E-state index contributed by atoms with van der Waals surface area (Å²) in [5.41, 5.74) is 1.05. The Morgan fingerprint density at radius 3 is 2.67 bits per heavy atom.